The molecule has 1 heterocycles. The number of hydrogen-bond donors (Lipinski definition) is 1. The number of nitrogens with one attached hydrogen (secondary N) is 1. The standard InChI is InChI=1S/C12H19N3O/c1-9-5-10(15-8-14-9)7-13-11(16)6-12(2,3)4/h5,8H,6-7H2,1-4H3,(H,13,16). The summed E-state index contributed by atoms with van der Waals surface area (Å²) >= 11 is 0. The molecule has 0 radical (unpaired) electrons. The molecule has 1 aromatic heterocycles. The van der Waals surface area contributed by atoms with Gasteiger partial charge in [0.25, 0.3) is 0 Å². The summed E-state index contributed by atoms with van der Waals surface area (Å²) in [5.41, 5.74) is 1.77. The first-order valence-corrected chi connectivity index (χ1v) is 5.41. The maximum Gasteiger partial charge on any atom is 0.220 e. The Morgan fingerprint density at radius 1 is 1.38 bits per heavy atom. The number of nitrogens with zero attached hydrogens (tertiary/aromatic N) is 2. The molecule has 1 rings (SSSR count). The average Bonchev–Trinajstić information content (AvgIpc) is 2.12. The molecular formula is C12H19N3O. The Morgan fingerprint density at radius 3 is 2.62 bits per heavy atom. The lowest BCUT2D eigenvalue weighted by molar-refractivity contribution is -0.122. The maximum atomic E-state index is 11.6. The number of amides is 1. The predicted octanol–water partition coefficient (Wildman–Crippen LogP) is 1.84. The molecule has 0 atom stereocenters. The van der Waals surface area contributed by atoms with Gasteiger partial charge in [-0.15, -0.1) is 0 Å². The van der Waals surface area contributed by atoms with Crippen molar-refractivity contribution in [2.75, 3.05) is 0 Å². The highest BCUT2D eigenvalue weighted by Gasteiger charge is 2.15. The van der Waals surface area contributed by atoms with Crippen LogP contribution in [-0.2, 0) is 11.3 Å². The Labute approximate surface area is 96.5 Å². The fourth-order valence-corrected chi connectivity index (χ4v) is 1.34. The van der Waals surface area contributed by atoms with E-state index in [0.29, 0.717) is 13.0 Å². The lowest BCUT2D eigenvalue weighted by atomic mass is 9.92. The van der Waals surface area contributed by atoms with Crippen molar-refractivity contribution in [1.29, 1.82) is 0 Å². The predicted molar refractivity (Wildman–Crippen MR) is 62.7 cm³/mol. The van der Waals surface area contributed by atoms with Crippen LogP contribution in [0.25, 0.3) is 0 Å². The summed E-state index contributed by atoms with van der Waals surface area (Å²) in [5, 5.41) is 2.85. The number of rotatable bonds is 3. The third kappa shape index (κ3) is 4.87. The van der Waals surface area contributed by atoms with Gasteiger partial charge in [0.1, 0.15) is 6.33 Å². The highest BCUT2D eigenvalue weighted by Crippen LogP contribution is 2.17. The molecule has 4 nitrogen and oxygen atoms in total. The van der Waals surface area contributed by atoms with Gasteiger partial charge < -0.3 is 5.32 Å². The van der Waals surface area contributed by atoms with E-state index in [1.165, 1.54) is 6.33 Å². The maximum absolute atomic E-state index is 11.6. The average molecular weight is 221 g/mol. The molecule has 0 aliphatic heterocycles. The van der Waals surface area contributed by atoms with Gasteiger partial charge in [0.2, 0.25) is 5.91 Å². The molecule has 0 spiro atoms. The SMILES string of the molecule is Cc1cc(CNC(=O)CC(C)(C)C)ncn1. The van der Waals surface area contributed by atoms with Gasteiger partial charge in [-0.2, -0.15) is 0 Å². The highest BCUT2D eigenvalue weighted by molar-refractivity contribution is 5.76. The summed E-state index contributed by atoms with van der Waals surface area (Å²) in [4.78, 5) is 19.6. The normalized spacial score (nSPS) is 11.2. The van der Waals surface area contributed by atoms with Crippen LogP contribution in [0.4, 0.5) is 0 Å². The zero-order chi connectivity index (χ0) is 12.2. The summed E-state index contributed by atoms with van der Waals surface area (Å²) in [6.45, 7) is 8.50. The van der Waals surface area contributed by atoms with E-state index in [1.807, 2.05) is 33.8 Å². The fraction of sp³-hybridized carbons (Fsp3) is 0.583. The third-order valence-electron chi connectivity index (χ3n) is 2.02. The lowest BCUT2D eigenvalue weighted by Gasteiger charge is -2.17. The van der Waals surface area contributed by atoms with Crippen LogP contribution in [0.5, 0.6) is 0 Å². The Hall–Kier alpha value is -1.45. The zero-order valence-corrected chi connectivity index (χ0v) is 10.4. The van der Waals surface area contributed by atoms with E-state index in [-0.39, 0.29) is 11.3 Å². The van der Waals surface area contributed by atoms with Crippen molar-refractivity contribution in [3.63, 3.8) is 0 Å². The molecule has 0 saturated heterocycles. The Bertz CT molecular complexity index is 369. The first kappa shape index (κ1) is 12.6. The molecule has 0 aliphatic carbocycles. The lowest BCUT2D eigenvalue weighted by Crippen LogP contribution is -2.27. The van der Waals surface area contributed by atoms with Crippen LogP contribution in [0.15, 0.2) is 12.4 Å². The van der Waals surface area contributed by atoms with Gasteiger partial charge in [0.15, 0.2) is 0 Å². The van der Waals surface area contributed by atoms with E-state index in [4.69, 9.17) is 0 Å². The quantitative estimate of drug-likeness (QED) is 0.847. The second-order valence-electron chi connectivity index (χ2n) is 5.16. The molecule has 0 fully saturated rings. The molecule has 0 unspecified atom stereocenters. The molecule has 0 saturated carbocycles. The fourth-order valence-electron chi connectivity index (χ4n) is 1.34. The van der Waals surface area contributed by atoms with E-state index < -0.39 is 0 Å². The van der Waals surface area contributed by atoms with Gasteiger partial charge >= 0.3 is 0 Å². The third-order valence-corrected chi connectivity index (χ3v) is 2.02. The van der Waals surface area contributed by atoms with Crippen molar-refractivity contribution in [3.05, 3.63) is 23.8 Å². The van der Waals surface area contributed by atoms with Crippen LogP contribution in [0, 0.1) is 12.3 Å². The number of hydrogen-bond acceptors (Lipinski definition) is 3. The first-order valence-electron chi connectivity index (χ1n) is 5.41. The van der Waals surface area contributed by atoms with Gasteiger partial charge in [-0.25, -0.2) is 9.97 Å². The molecule has 1 amide bonds. The Balaban J connectivity index is 2.43. The molecular weight excluding hydrogens is 202 g/mol. The van der Waals surface area contributed by atoms with Gasteiger partial charge in [-0.05, 0) is 18.4 Å². The summed E-state index contributed by atoms with van der Waals surface area (Å²) in [6.07, 6.45) is 2.04. The first-order chi connectivity index (χ1) is 7.37. The Kier molecular flexibility index (Phi) is 3.99. The molecule has 88 valence electrons. The largest absolute Gasteiger partial charge is 0.350 e. The van der Waals surface area contributed by atoms with Gasteiger partial charge in [0.05, 0.1) is 12.2 Å². The summed E-state index contributed by atoms with van der Waals surface area (Å²) in [5.74, 6) is 0.0590. The molecule has 1 aromatic rings. The van der Waals surface area contributed by atoms with Gasteiger partial charge in [-0.1, -0.05) is 20.8 Å². The van der Waals surface area contributed by atoms with Crippen LogP contribution in [0.2, 0.25) is 0 Å². The molecule has 1 N–H and O–H groups in total. The van der Waals surface area contributed by atoms with E-state index in [0.717, 1.165) is 11.4 Å². The minimum atomic E-state index is 0.0195. The van der Waals surface area contributed by atoms with Crippen LogP contribution in [-0.4, -0.2) is 15.9 Å². The summed E-state index contributed by atoms with van der Waals surface area (Å²) in [7, 11) is 0. The van der Waals surface area contributed by atoms with Crippen LogP contribution >= 0.6 is 0 Å². The van der Waals surface area contributed by atoms with Crippen molar-refractivity contribution >= 4 is 5.91 Å². The molecule has 0 bridgehead atoms. The molecule has 0 aromatic carbocycles. The minimum absolute atomic E-state index is 0.0195. The van der Waals surface area contributed by atoms with Crippen molar-refractivity contribution in [3.8, 4) is 0 Å². The van der Waals surface area contributed by atoms with Gasteiger partial charge in [-0.3, -0.25) is 4.79 Å². The minimum Gasteiger partial charge on any atom is -0.350 e. The topological polar surface area (TPSA) is 54.9 Å². The summed E-state index contributed by atoms with van der Waals surface area (Å²) < 4.78 is 0. The number of aromatic nitrogens is 2. The van der Waals surface area contributed by atoms with E-state index in [9.17, 15) is 4.79 Å². The zero-order valence-electron chi connectivity index (χ0n) is 10.4. The second-order valence-corrected chi connectivity index (χ2v) is 5.16. The van der Waals surface area contributed by atoms with Gasteiger partial charge in [0, 0.05) is 12.1 Å². The van der Waals surface area contributed by atoms with E-state index in [2.05, 4.69) is 15.3 Å². The van der Waals surface area contributed by atoms with Crippen LogP contribution in [0.1, 0.15) is 38.6 Å². The van der Waals surface area contributed by atoms with Crippen molar-refractivity contribution in [2.24, 2.45) is 5.41 Å². The van der Waals surface area contributed by atoms with E-state index >= 15 is 0 Å². The molecule has 0 aliphatic rings. The smallest absolute Gasteiger partial charge is 0.220 e. The second kappa shape index (κ2) is 5.05. The van der Waals surface area contributed by atoms with Crippen molar-refractivity contribution < 1.29 is 4.79 Å². The number of aryl methyl sites for hydroxylation is 1. The number of carbonyl (C=O) groups excluding carboxylic acids is 1. The molecule has 16 heavy (non-hydrogen) atoms. The monoisotopic (exact) mass is 221 g/mol. The van der Waals surface area contributed by atoms with Crippen molar-refractivity contribution in [1.82, 2.24) is 15.3 Å². The van der Waals surface area contributed by atoms with Crippen LogP contribution < -0.4 is 5.32 Å². The highest BCUT2D eigenvalue weighted by atomic mass is 16.1. The van der Waals surface area contributed by atoms with E-state index in [1.54, 1.807) is 0 Å². The van der Waals surface area contributed by atoms with Crippen LogP contribution in [0.3, 0.4) is 0 Å². The Morgan fingerprint density at radius 2 is 2.06 bits per heavy atom. The molecule has 4 heteroatoms. The summed E-state index contributed by atoms with van der Waals surface area (Å²) in [6, 6.07) is 1.87. The number of carbonyl (C=O) groups is 1. The van der Waals surface area contributed by atoms with Crippen molar-refractivity contribution in [2.45, 2.75) is 40.7 Å².